The minimum atomic E-state index is 0.560. The molecule has 0 saturated heterocycles. The lowest BCUT2D eigenvalue weighted by Crippen LogP contribution is -2.15. The smallest absolute Gasteiger partial charge is 0.0612 e. The zero-order valence-electron chi connectivity index (χ0n) is 8.76. The molecule has 0 radical (unpaired) electrons. The summed E-state index contributed by atoms with van der Waals surface area (Å²) in [5.41, 5.74) is 6.47. The van der Waals surface area contributed by atoms with Crippen LogP contribution in [0.1, 0.15) is 13.3 Å². The molecule has 0 aliphatic rings. The van der Waals surface area contributed by atoms with Crippen LogP contribution in [0.15, 0.2) is 18.2 Å². The SMILES string of the molecule is CC(CCN)CNc1ccc(Cl)c(Cl)c1. The lowest BCUT2D eigenvalue weighted by molar-refractivity contribution is 0.568. The van der Waals surface area contributed by atoms with E-state index in [2.05, 4.69) is 12.2 Å². The van der Waals surface area contributed by atoms with E-state index in [4.69, 9.17) is 28.9 Å². The van der Waals surface area contributed by atoms with Crippen molar-refractivity contribution in [2.75, 3.05) is 18.4 Å². The second-order valence-corrected chi connectivity index (χ2v) is 4.51. The molecule has 0 aliphatic carbocycles. The molecule has 4 heteroatoms. The van der Waals surface area contributed by atoms with Crippen molar-refractivity contribution in [2.45, 2.75) is 13.3 Å². The zero-order chi connectivity index (χ0) is 11.3. The predicted octanol–water partition coefficient (Wildman–Crippen LogP) is 3.39. The van der Waals surface area contributed by atoms with E-state index in [1.165, 1.54) is 0 Å². The monoisotopic (exact) mass is 246 g/mol. The van der Waals surface area contributed by atoms with Crippen LogP contribution in [0.4, 0.5) is 5.69 Å². The van der Waals surface area contributed by atoms with Gasteiger partial charge in [-0.05, 0) is 37.1 Å². The maximum atomic E-state index is 5.90. The van der Waals surface area contributed by atoms with Gasteiger partial charge >= 0.3 is 0 Å². The average Bonchev–Trinajstić information content (AvgIpc) is 2.20. The van der Waals surface area contributed by atoms with Gasteiger partial charge in [-0.3, -0.25) is 0 Å². The summed E-state index contributed by atoms with van der Waals surface area (Å²) in [4.78, 5) is 0. The van der Waals surface area contributed by atoms with Crippen LogP contribution in [0.5, 0.6) is 0 Å². The molecule has 0 aromatic heterocycles. The van der Waals surface area contributed by atoms with Gasteiger partial charge in [0, 0.05) is 12.2 Å². The fourth-order valence-corrected chi connectivity index (χ4v) is 1.58. The highest BCUT2D eigenvalue weighted by molar-refractivity contribution is 6.42. The molecule has 3 N–H and O–H groups in total. The first-order chi connectivity index (χ1) is 7.13. The van der Waals surface area contributed by atoms with Crippen LogP contribution in [0.3, 0.4) is 0 Å². The Morgan fingerprint density at radius 2 is 2.07 bits per heavy atom. The number of hydrogen-bond acceptors (Lipinski definition) is 2. The molecule has 1 aromatic rings. The number of nitrogens with two attached hydrogens (primary N) is 1. The fraction of sp³-hybridized carbons (Fsp3) is 0.455. The molecule has 0 bridgehead atoms. The summed E-state index contributed by atoms with van der Waals surface area (Å²) in [5, 5.41) is 4.46. The van der Waals surface area contributed by atoms with Crippen molar-refractivity contribution < 1.29 is 0 Å². The molecule has 84 valence electrons. The molecule has 0 aliphatic heterocycles. The Morgan fingerprint density at radius 3 is 2.67 bits per heavy atom. The molecule has 0 fully saturated rings. The minimum Gasteiger partial charge on any atom is -0.385 e. The number of anilines is 1. The summed E-state index contributed by atoms with van der Waals surface area (Å²) < 4.78 is 0. The Kier molecular flexibility index (Phi) is 5.23. The van der Waals surface area contributed by atoms with Crippen LogP contribution in [0.25, 0.3) is 0 Å². The first kappa shape index (κ1) is 12.6. The van der Waals surface area contributed by atoms with Crippen LogP contribution in [-0.2, 0) is 0 Å². The maximum Gasteiger partial charge on any atom is 0.0612 e. The van der Waals surface area contributed by atoms with Crippen LogP contribution in [0, 0.1) is 5.92 Å². The Hall–Kier alpha value is -0.440. The van der Waals surface area contributed by atoms with E-state index in [9.17, 15) is 0 Å². The molecule has 1 atom stereocenters. The van der Waals surface area contributed by atoms with E-state index < -0.39 is 0 Å². The van der Waals surface area contributed by atoms with Crippen molar-refractivity contribution in [1.29, 1.82) is 0 Å². The highest BCUT2D eigenvalue weighted by Gasteiger charge is 2.02. The zero-order valence-corrected chi connectivity index (χ0v) is 10.3. The van der Waals surface area contributed by atoms with Gasteiger partial charge < -0.3 is 11.1 Å². The Balaban J connectivity index is 2.47. The largest absolute Gasteiger partial charge is 0.385 e. The molecule has 0 spiro atoms. The summed E-state index contributed by atoms with van der Waals surface area (Å²) in [7, 11) is 0. The Morgan fingerprint density at radius 1 is 1.33 bits per heavy atom. The number of benzene rings is 1. The highest BCUT2D eigenvalue weighted by atomic mass is 35.5. The van der Waals surface area contributed by atoms with E-state index >= 15 is 0 Å². The van der Waals surface area contributed by atoms with Crippen LogP contribution in [-0.4, -0.2) is 13.1 Å². The molecule has 0 heterocycles. The Bertz CT molecular complexity index is 315. The van der Waals surface area contributed by atoms with E-state index in [0.29, 0.717) is 16.0 Å². The number of halogens is 2. The summed E-state index contributed by atoms with van der Waals surface area (Å²) >= 11 is 11.7. The van der Waals surface area contributed by atoms with Gasteiger partial charge in [0.2, 0.25) is 0 Å². The van der Waals surface area contributed by atoms with Gasteiger partial charge in [0.1, 0.15) is 0 Å². The van der Waals surface area contributed by atoms with E-state index in [1.54, 1.807) is 6.07 Å². The molecule has 1 aromatic carbocycles. The Labute approximate surface area is 101 Å². The summed E-state index contributed by atoms with van der Waals surface area (Å²) in [6, 6.07) is 5.54. The standard InChI is InChI=1S/C11H16Cl2N2/c1-8(4-5-14)7-15-9-2-3-10(12)11(13)6-9/h2-3,6,8,15H,4-5,7,14H2,1H3. The van der Waals surface area contributed by atoms with Gasteiger partial charge in [-0.1, -0.05) is 30.1 Å². The van der Waals surface area contributed by atoms with Crippen molar-refractivity contribution in [3.63, 3.8) is 0 Å². The van der Waals surface area contributed by atoms with E-state index in [1.807, 2.05) is 12.1 Å². The molecule has 15 heavy (non-hydrogen) atoms. The fourth-order valence-electron chi connectivity index (χ4n) is 1.28. The van der Waals surface area contributed by atoms with E-state index in [0.717, 1.165) is 25.2 Å². The quantitative estimate of drug-likeness (QED) is 0.836. The second kappa shape index (κ2) is 6.21. The number of hydrogen-bond donors (Lipinski definition) is 2. The lowest BCUT2D eigenvalue weighted by atomic mass is 10.1. The van der Waals surface area contributed by atoms with Gasteiger partial charge in [-0.2, -0.15) is 0 Å². The molecule has 0 saturated carbocycles. The van der Waals surface area contributed by atoms with Crippen LogP contribution in [0.2, 0.25) is 10.0 Å². The van der Waals surface area contributed by atoms with Gasteiger partial charge in [0.15, 0.2) is 0 Å². The van der Waals surface area contributed by atoms with Crippen molar-refractivity contribution in [3.05, 3.63) is 28.2 Å². The number of nitrogens with one attached hydrogen (secondary N) is 1. The normalized spacial score (nSPS) is 12.5. The third-order valence-electron chi connectivity index (χ3n) is 2.23. The first-order valence-electron chi connectivity index (χ1n) is 5.02. The first-order valence-corrected chi connectivity index (χ1v) is 5.78. The van der Waals surface area contributed by atoms with Crippen molar-refractivity contribution in [2.24, 2.45) is 11.7 Å². The topological polar surface area (TPSA) is 38.0 Å². The lowest BCUT2D eigenvalue weighted by Gasteiger charge is -2.12. The highest BCUT2D eigenvalue weighted by Crippen LogP contribution is 2.25. The molecular weight excluding hydrogens is 231 g/mol. The van der Waals surface area contributed by atoms with Gasteiger partial charge in [-0.15, -0.1) is 0 Å². The van der Waals surface area contributed by atoms with Crippen molar-refractivity contribution in [3.8, 4) is 0 Å². The van der Waals surface area contributed by atoms with Crippen molar-refractivity contribution in [1.82, 2.24) is 0 Å². The third-order valence-corrected chi connectivity index (χ3v) is 2.97. The maximum absolute atomic E-state index is 5.90. The molecular formula is C11H16Cl2N2. The van der Waals surface area contributed by atoms with Crippen LogP contribution >= 0.6 is 23.2 Å². The minimum absolute atomic E-state index is 0.560. The van der Waals surface area contributed by atoms with Crippen LogP contribution < -0.4 is 11.1 Å². The second-order valence-electron chi connectivity index (χ2n) is 3.69. The molecule has 1 unspecified atom stereocenters. The predicted molar refractivity (Wildman–Crippen MR) is 67.8 cm³/mol. The molecule has 1 rings (SSSR count). The summed E-state index contributed by atoms with van der Waals surface area (Å²) in [6.45, 7) is 3.79. The summed E-state index contributed by atoms with van der Waals surface area (Å²) in [6.07, 6.45) is 1.02. The van der Waals surface area contributed by atoms with Crippen molar-refractivity contribution >= 4 is 28.9 Å². The molecule has 0 amide bonds. The third kappa shape index (κ3) is 4.29. The van der Waals surface area contributed by atoms with Gasteiger partial charge in [-0.25, -0.2) is 0 Å². The number of rotatable bonds is 5. The average molecular weight is 247 g/mol. The molecule has 2 nitrogen and oxygen atoms in total. The van der Waals surface area contributed by atoms with E-state index in [-0.39, 0.29) is 0 Å². The summed E-state index contributed by atoms with van der Waals surface area (Å²) in [5.74, 6) is 0.560. The van der Waals surface area contributed by atoms with Gasteiger partial charge in [0.05, 0.1) is 10.0 Å². The van der Waals surface area contributed by atoms with Gasteiger partial charge in [0.25, 0.3) is 0 Å².